The minimum Gasteiger partial charge on any atom is -0.511 e. The molecule has 0 unspecified atom stereocenters. The standard InChI is InChI=1S/C31H32N2O9/c1-41-23-5-2-15(14-33-6-8-42-9-7-33)10-19(23)18-3-4-21(34)25-20(18)12-16-11-17-13-22(35)26(30(32)39)29(38)31(17,40)28(37)24(16)27(25)36/h2-5,10,16-17,34-35,37,40H,6-9,11-14H2,1H3,(H2,32,39)/t16-,17+,31+/m1/s1. The van der Waals surface area contributed by atoms with Gasteiger partial charge in [-0.25, -0.2) is 0 Å². The fourth-order valence-electron chi connectivity index (χ4n) is 6.95. The molecule has 0 spiro atoms. The number of phenolic OH excluding ortho intramolecular Hbond substituents is 1. The van der Waals surface area contributed by atoms with Crippen LogP contribution in [0.5, 0.6) is 11.5 Å². The quantitative estimate of drug-likeness (QED) is 0.331. The summed E-state index contributed by atoms with van der Waals surface area (Å²) in [7, 11) is 1.56. The molecule has 1 aliphatic heterocycles. The van der Waals surface area contributed by atoms with E-state index < -0.39 is 52.0 Å². The first kappa shape index (κ1) is 28.0. The average Bonchev–Trinajstić information content (AvgIpc) is 2.95. The van der Waals surface area contributed by atoms with Crippen molar-refractivity contribution in [2.45, 2.75) is 31.4 Å². The summed E-state index contributed by atoms with van der Waals surface area (Å²) in [5.74, 6) is -5.98. The van der Waals surface area contributed by atoms with Crippen LogP contribution in [0.4, 0.5) is 0 Å². The first-order chi connectivity index (χ1) is 20.1. The lowest BCUT2D eigenvalue weighted by molar-refractivity contribution is -0.144. The number of ether oxygens (including phenoxy) is 2. The van der Waals surface area contributed by atoms with Gasteiger partial charge >= 0.3 is 0 Å². The van der Waals surface area contributed by atoms with Gasteiger partial charge in [0.25, 0.3) is 5.91 Å². The number of rotatable bonds is 5. The van der Waals surface area contributed by atoms with Crippen LogP contribution in [0.3, 0.4) is 0 Å². The molecular formula is C31H32N2O9. The highest BCUT2D eigenvalue weighted by Gasteiger charge is 2.59. The first-order valence-electron chi connectivity index (χ1n) is 13.9. The molecule has 1 amide bonds. The molecule has 42 heavy (non-hydrogen) atoms. The number of phenols is 1. The summed E-state index contributed by atoms with van der Waals surface area (Å²) in [4.78, 5) is 41.3. The van der Waals surface area contributed by atoms with E-state index in [4.69, 9.17) is 15.2 Å². The molecule has 2 aromatic rings. The van der Waals surface area contributed by atoms with E-state index in [1.807, 2.05) is 18.2 Å². The summed E-state index contributed by atoms with van der Waals surface area (Å²) in [5, 5.41) is 44.0. The number of methoxy groups -OCH3 is 1. The van der Waals surface area contributed by atoms with Crippen LogP contribution in [-0.2, 0) is 27.3 Å². The maximum absolute atomic E-state index is 13.9. The number of primary amides is 1. The van der Waals surface area contributed by atoms with Crippen molar-refractivity contribution in [2.24, 2.45) is 17.6 Å². The minimum atomic E-state index is -2.60. The number of nitrogens with zero attached hydrogens (tertiary/aromatic N) is 1. The Labute approximate surface area is 241 Å². The van der Waals surface area contributed by atoms with E-state index in [2.05, 4.69) is 4.90 Å². The van der Waals surface area contributed by atoms with Crippen LogP contribution in [0.15, 0.2) is 53.0 Å². The highest BCUT2D eigenvalue weighted by atomic mass is 16.5. The molecular weight excluding hydrogens is 544 g/mol. The smallest absolute Gasteiger partial charge is 0.255 e. The lowest BCUT2D eigenvalue weighted by atomic mass is 9.60. The molecule has 1 saturated heterocycles. The number of hydrogen-bond acceptors (Lipinski definition) is 10. The van der Waals surface area contributed by atoms with Crippen molar-refractivity contribution < 1.29 is 44.3 Å². The lowest BCUT2D eigenvalue weighted by Gasteiger charge is -2.45. The number of morpholine rings is 1. The van der Waals surface area contributed by atoms with Gasteiger partial charge in [0.1, 0.15) is 28.6 Å². The molecule has 11 heteroatoms. The average molecular weight is 577 g/mol. The van der Waals surface area contributed by atoms with Crippen LogP contribution < -0.4 is 10.5 Å². The third-order valence-corrected chi connectivity index (χ3v) is 9.01. The summed E-state index contributed by atoms with van der Waals surface area (Å²) >= 11 is 0. The summed E-state index contributed by atoms with van der Waals surface area (Å²) in [5.41, 5.74) is 4.64. The summed E-state index contributed by atoms with van der Waals surface area (Å²) in [6.07, 6.45) is -0.0130. The number of allylic oxidation sites excluding steroid dienone is 2. The molecule has 2 aromatic carbocycles. The summed E-state index contributed by atoms with van der Waals surface area (Å²) in [6, 6.07) is 8.98. The van der Waals surface area contributed by atoms with Crippen molar-refractivity contribution in [3.8, 4) is 22.6 Å². The largest absolute Gasteiger partial charge is 0.511 e. The number of aliphatic hydroxyl groups excluding tert-OH is 2. The second-order valence-electron chi connectivity index (χ2n) is 11.3. The Hall–Kier alpha value is -4.19. The number of fused-ring (bicyclic) bond motifs is 3. The summed E-state index contributed by atoms with van der Waals surface area (Å²) in [6.45, 7) is 3.65. The zero-order valence-electron chi connectivity index (χ0n) is 23.1. The molecule has 6 rings (SSSR count). The SMILES string of the molecule is COc1ccc(CN2CCOCC2)cc1-c1ccc(O)c2c1C[C@H]1C[C@H]3CC(O)=C(C(N)=O)C(=O)[C@@]3(O)C(O)=C1C2=O. The molecule has 0 radical (unpaired) electrons. The molecule has 0 aromatic heterocycles. The van der Waals surface area contributed by atoms with Gasteiger partial charge in [-0.3, -0.25) is 19.3 Å². The Bertz CT molecular complexity index is 1590. The highest BCUT2D eigenvalue weighted by Crippen LogP contribution is 2.52. The predicted octanol–water partition coefficient (Wildman–Crippen LogP) is 2.09. The van der Waals surface area contributed by atoms with Crippen LogP contribution in [0, 0.1) is 11.8 Å². The van der Waals surface area contributed by atoms with E-state index in [0.717, 1.165) is 24.2 Å². The van der Waals surface area contributed by atoms with E-state index in [1.54, 1.807) is 13.2 Å². The Morgan fingerprint density at radius 1 is 1.10 bits per heavy atom. The fourth-order valence-corrected chi connectivity index (χ4v) is 6.95. The van der Waals surface area contributed by atoms with Crippen LogP contribution >= 0.6 is 0 Å². The van der Waals surface area contributed by atoms with E-state index in [-0.39, 0.29) is 36.1 Å². The maximum atomic E-state index is 13.9. The van der Waals surface area contributed by atoms with Crippen molar-refractivity contribution in [3.05, 3.63) is 69.7 Å². The molecule has 1 heterocycles. The van der Waals surface area contributed by atoms with Gasteiger partial charge in [0.15, 0.2) is 11.4 Å². The predicted molar refractivity (Wildman–Crippen MR) is 149 cm³/mol. The van der Waals surface area contributed by atoms with E-state index >= 15 is 0 Å². The van der Waals surface area contributed by atoms with E-state index in [9.17, 15) is 34.8 Å². The molecule has 0 bridgehead atoms. The zero-order valence-corrected chi connectivity index (χ0v) is 23.1. The molecule has 3 aliphatic carbocycles. The lowest BCUT2D eigenvalue weighted by Crippen LogP contribution is -2.57. The molecule has 1 fully saturated rings. The number of benzene rings is 2. The second-order valence-corrected chi connectivity index (χ2v) is 11.3. The van der Waals surface area contributed by atoms with Gasteiger partial charge in [-0.15, -0.1) is 0 Å². The number of aliphatic hydroxyl groups is 3. The first-order valence-corrected chi connectivity index (χ1v) is 13.9. The Morgan fingerprint density at radius 2 is 1.83 bits per heavy atom. The minimum absolute atomic E-state index is 0.0373. The number of ketones is 2. The number of carbonyl (C=O) groups is 3. The topological polar surface area (TPSA) is 180 Å². The van der Waals surface area contributed by atoms with Gasteiger partial charge in [-0.2, -0.15) is 0 Å². The van der Waals surface area contributed by atoms with Crippen molar-refractivity contribution in [2.75, 3.05) is 33.4 Å². The van der Waals surface area contributed by atoms with Crippen molar-refractivity contribution in [3.63, 3.8) is 0 Å². The van der Waals surface area contributed by atoms with Gasteiger partial charge in [-0.05, 0) is 53.6 Å². The van der Waals surface area contributed by atoms with Crippen molar-refractivity contribution in [1.82, 2.24) is 4.90 Å². The number of amides is 1. The van der Waals surface area contributed by atoms with Crippen LogP contribution in [0.25, 0.3) is 11.1 Å². The van der Waals surface area contributed by atoms with E-state index in [0.29, 0.717) is 36.6 Å². The third-order valence-electron chi connectivity index (χ3n) is 9.01. The van der Waals surface area contributed by atoms with Crippen LogP contribution in [-0.4, -0.2) is 81.8 Å². The van der Waals surface area contributed by atoms with Gasteiger partial charge in [0.05, 0.1) is 25.9 Å². The van der Waals surface area contributed by atoms with Gasteiger partial charge in [0.2, 0.25) is 5.78 Å². The number of nitrogens with two attached hydrogens (primary N) is 1. The van der Waals surface area contributed by atoms with Gasteiger partial charge in [-0.1, -0.05) is 12.1 Å². The van der Waals surface area contributed by atoms with Gasteiger partial charge < -0.3 is 35.6 Å². The van der Waals surface area contributed by atoms with Crippen molar-refractivity contribution in [1.29, 1.82) is 0 Å². The van der Waals surface area contributed by atoms with E-state index in [1.165, 1.54) is 6.07 Å². The molecule has 3 atom stereocenters. The Morgan fingerprint density at radius 3 is 2.52 bits per heavy atom. The fraction of sp³-hybridized carbons (Fsp3) is 0.387. The molecule has 0 saturated carbocycles. The van der Waals surface area contributed by atoms with Crippen molar-refractivity contribution >= 4 is 17.5 Å². The number of carbonyl (C=O) groups excluding carboxylic acids is 3. The zero-order chi connectivity index (χ0) is 29.9. The molecule has 220 valence electrons. The third kappa shape index (κ3) is 4.19. The number of aromatic hydroxyl groups is 1. The summed E-state index contributed by atoms with van der Waals surface area (Å²) < 4.78 is 11.1. The van der Waals surface area contributed by atoms with Crippen LogP contribution in [0.2, 0.25) is 0 Å². The number of hydrogen-bond donors (Lipinski definition) is 5. The normalized spacial score (nSPS) is 26.0. The van der Waals surface area contributed by atoms with Crippen LogP contribution in [0.1, 0.15) is 34.3 Å². The van der Waals surface area contributed by atoms with Gasteiger partial charge in [0, 0.05) is 43.1 Å². The Balaban J connectivity index is 1.45. The molecule has 11 nitrogen and oxygen atoms in total. The monoisotopic (exact) mass is 576 g/mol. The maximum Gasteiger partial charge on any atom is 0.255 e. The molecule has 4 aliphatic rings. The molecule has 6 N–H and O–H groups in total. The Kier molecular flexibility index (Phi) is 6.83. The number of Topliss-reactive ketones (excluding diaryl/α,β-unsaturated/α-hetero) is 2. The second kappa shape index (κ2) is 10.3. The highest BCUT2D eigenvalue weighted by molar-refractivity contribution is 6.24.